The van der Waals surface area contributed by atoms with Crippen molar-refractivity contribution >= 4 is 11.9 Å². The van der Waals surface area contributed by atoms with E-state index in [0.29, 0.717) is 6.42 Å². The topological polar surface area (TPSA) is 113 Å². The zero-order valence-electron chi connectivity index (χ0n) is 16.3. The quantitative estimate of drug-likeness (QED) is 0.539. The third-order valence-electron chi connectivity index (χ3n) is 5.27. The van der Waals surface area contributed by atoms with Crippen molar-refractivity contribution in [2.24, 2.45) is 11.8 Å². The number of hydrogen-bond donors (Lipinski definition) is 3. The van der Waals surface area contributed by atoms with E-state index in [1.807, 2.05) is 13.8 Å². The van der Waals surface area contributed by atoms with Crippen LogP contribution < -0.4 is 5.32 Å². The maximum absolute atomic E-state index is 11.6. The number of nitrogens with one attached hydrogen (secondary N) is 1. The molecule has 1 aromatic heterocycles. The first kappa shape index (κ1) is 21.4. The van der Waals surface area contributed by atoms with Crippen molar-refractivity contribution in [3.63, 3.8) is 0 Å². The number of rotatable bonds is 11. The molecule has 2 rings (SSSR count). The predicted molar refractivity (Wildman–Crippen MR) is 101 cm³/mol. The average Bonchev–Trinajstić information content (AvgIpc) is 3.08. The van der Waals surface area contributed by atoms with Crippen molar-refractivity contribution in [3.8, 4) is 0 Å². The minimum atomic E-state index is -1.07. The van der Waals surface area contributed by atoms with Gasteiger partial charge in [0.25, 0.3) is 0 Å². The first-order valence-electron chi connectivity index (χ1n) is 10.00. The first-order chi connectivity index (χ1) is 12.9. The third kappa shape index (κ3) is 6.97. The van der Waals surface area contributed by atoms with Crippen LogP contribution in [0.2, 0.25) is 0 Å². The SMILES string of the molecule is CC(C)CC(NCC(C(=O)O)c1nc(CCC2CCCCC2)co1)C(=O)O. The Bertz CT molecular complexity index is 607. The Hall–Kier alpha value is -1.89. The Morgan fingerprint density at radius 1 is 1.22 bits per heavy atom. The normalized spacial score (nSPS) is 17.7. The molecule has 27 heavy (non-hydrogen) atoms. The summed E-state index contributed by atoms with van der Waals surface area (Å²) in [6, 6.07) is -0.785. The molecule has 2 unspecified atom stereocenters. The van der Waals surface area contributed by atoms with E-state index in [0.717, 1.165) is 24.5 Å². The van der Waals surface area contributed by atoms with Gasteiger partial charge in [-0.1, -0.05) is 46.0 Å². The van der Waals surface area contributed by atoms with Crippen molar-refractivity contribution < 1.29 is 24.2 Å². The Labute approximate surface area is 160 Å². The van der Waals surface area contributed by atoms with Gasteiger partial charge in [-0.05, 0) is 31.1 Å². The molecule has 7 nitrogen and oxygen atoms in total. The van der Waals surface area contributed by atoms with Crippen LogP contribution in [-0.4, -0.2) is 39.7 Å². The highest BCUT2D eigenvalue weighted by atomic mass is 16.4. The fourth-order valence-electron chi connectivity index (χ4n) is 3.71. The van der Waals surface area contributed by atoms with Gasteiger partial charge in [-0.25, -0.2) is 4.98 Å². The smallest absolute Gasteiger partial charge is 0.320 e. The minimum absolute atomic E-state index is 0.0262. The van der Waals surface area contributed by atoms with Crippen molar-refractivity contribution in [2.45, 2.75) is 77.2 Å². The van der Waals surface area contributed by atoms with Crippen molar-refractivity contribution in [2.75, 3.05) is 6.54 Å². The highest BCUT2D eigenvalue weighted by Gasteiger charge is 2.28. The van der Waals surface area contributed by atoms with E-state index in [1.54, 1.807) is 0 Å². The largest absolute Gasteiger partial charge is 0.481 e. The van der Waals surface area contributed by atoms with Gasteiger partial charge in [-0.3, -0.25) is 9.59 Å². The maximum atomic E-state index is 11.6. The molecule has 0 saturated heterocycles. The Balaban J connectivity index is 1.92. The number of hydrogen-bond acceptors (Lipinski definition) is 5. The highest BCUT2D eigenvalue weighted by Crippen LogP contribution is 2.27. The lowest BCUT2D eigenvalue weighted by Crippen LogP contribution is -2.41. The van der Waals surface area contributed by atoms with Crippen LogP contribution in [0.15, 0.2) is 10.7 Å². The van der Waals surface area contributed by atoms with Crippen LogP contribution in [-0.2, 0) is 16.0 Å². The van der Waals surface area contributed by atoms with E-state index >= 15 is 0 Å². The lowest BCUT2D eigenvalue weighted by molar-refractivity contribution is -0.142. The molecular formula is C20H32N2O5. The fraction of sp³-hybridized carbons (Fsp3) is 0.750. The Kier molecular flexibility index (Phi) is 8.28. The van der Waals surface area contributed by atoms with E-state index in [1.165, 1.54) is 38.4 Å². The number of carbonyl (C=O) groups is 2. The number of aromatic nitrogens is 1. The second kappa shape index (κ2) is 10.4. The average molecular weight is 380 g/mol. The van der Waals surface area contributed by atoms with Crippen LogP contribution in [0.25, 0.3) is 0 Å². The zero-order chi connectivity index (χ0) is 19.8. The van der Waals surface area contributed by atoms with Gasteiger partial charge in [0, 0.05) is 6.54 Å². The fourth-order valence-corrected chi connectivity index (χ4v) is 3.71. The third-order valence-corrected chi connectivity index (χ3v) is 5.27. The minimum Gasteiger partial charge on any atom is -0.481 e. The highest BCUT2D eigenvalue weighted by molar-refractivity contribution is 5.76. The van der Waals surface area contributed by atoms with Crippen LogP contribution in [0.3, 0.4) is 0 Å². The van der Waals surface area contributed by atoms with E-state index < -0.39 is 23.9 Å². The van der Waals surface area contributed by atoms with Crippen LogP contribution in [0.1, 0.15) is 76.3 Å². The second-order valence-corrected chi connectivity index (χ2v) is 8.04. The first-order valence-corrected chi connectivity index (χ1v) is 10.00. The molecule has 0 bridgehead atoms. The molecule has 0 spiro atoms. The standard InChI is InChI=1S/C20H32N2O5/c1-13(2)10-17(20(25)26)21-11-16(19(23)24)18-22-15(12-27-18)9-8-14-6-4-3-5-7-14/h12-14,16-17,21H,3-11H2,1-2H3,(H,23,24)(H,25,26). The van der Waals surface area contributed by atoms with Crippen molar-refractivity contribution in [3.05, 3.63) is 17.8 Å². The van der Waals surface area contributed by atoms with Gasteiger partial charge < -0.3 is 19.9 Å². The lowest BCUT2D eigenvalue weighted by atomic mass is 9.86. The number of carboxylic acids is 2. The van der Waals surface area contributed by atoms with Crippen LogP contribution in [0.4, 0.5) is 0 Å². The summed E-state index contributed by atoms with van der Waals surface area (Å²) < 4.78 is 5.42. The summed E-state index contributed by atoms with van der Waals surface area (Å²) in [6.45, 7) is 3.83. The van der Waals surface area contributed by atoms with Gasteiger partial charge in [-0.2, -0.15) is 0 Å². The van der Waals surface area contributed by atoms with Gasteiger partial charge in [0.1, 0.15) is 18.2 Å². The molecule has 0 amide bonds. The summed E-state index contributed by atoms with van der Waals surface area (Å²) in [5, 5.41) is 21.7. The van der Waals surface area contributed by atoms with E-state index in [9.17, 15) is 19.8 Å². The monoisotopic (exact) mass is 380 g/mol. The van der Waals surface area contributed by atoms with Crippen LogP contribution in [0.5, 0.6) is 0 Å². The summed E-state index contributed by atoms with van der Waals surface area (Å²) in [6.07, 6.45) is 10.3. The summed E-state index contributed by atoms with van der Waals surface area (Å²) in [4.78, 5) is 27.3. The summed E-state index contributed by atoms with van der Waals surface area (Å²) in [5.74, 6) is -1.99. The maximum Gasteiger partial charge on any atom is 0.320 e. The van der Waals surface area contributed by atoms with Crippen LogP contribution in [0, 0.1) is 11.8 Å². The Morgan fingerprint density at radius 2 is 1.93 bits per heavy atom. The molecule has 152 valence electrons. The van der Waals surface area contributed by atoms with Gasteiger partial charge in [0.2, 0.25) is 5.89 Å². The van der Waals surface area contributed by atoms with Gasteiger partial charge >= 0.3 is 11.9 Å². The summed E-state index contributed by atoms with van der Waals surface area (Å²) in [5.41, 5.74) is 0.777. The molecule has 1 aliphatic rings. The zero-order valence-corrected chi connectivity index (χ0v) is 16.3. The lowest BCUT2D eigenvalue weighted by Gasteiger charge is -2.20. The van der Waals surface area contributed by atoms with Gasteiger partial charge in [0.05, 0.1) is 5.69 Å². The van der Waals surface area contributed by atoms with E-state index in [4.69, 9.17) is 4.42 Å². The molecule has 3 N–H and O–H groups in total. The molecule has 1 saturated carbocycles. The van der Waals surface area contributed by atoms with E-state index in [-0.39, 0.29) is 18.4 Å². The predicted octanol–water partition coefficient (Wildman–Crippen LogP) is 3.44. The molecule has 1 aliphatic carbocycles. The van der Waals surface area contributed by atoms with Gasteiger partial charge in [-0.15, -0.1) is 0 Å². The molecule has 0 aromatic carbocycles. The molecule has 1 aromatic rings. The number of nitrogens with zero attached hydrogens (tertiary/aromatic N) is 1. The van der Waals surface area contributed by atoms with E-state index in [2.05, 4.69) is 10.3 Å². The molecule has 2 atom stereocenters. The molecule has 1 heterocycles. The summed E-state index contributed by atoms with van der Waals surface area (Å²) in [7, 11) is 0. The number of aliphatic carboxylic acids is 2. The molecular weight excluding hydrogens is 348 g/mol. The molecule has 1 fully saturated rings. The molecule has 7 heteroatoms. The summed E-state index contributed by atoms with van der Waals surface area (Å²) >= 11 is 0. The Morgan fingerprint density at radius 3 is 2.52 bits per heavy atom. The molecule has 0 aliphatic heterocycles. The van der Waals surface area contributed by atoms with Crippen molar-refractivity contribution in [1.29, 1.82) is 0 Å². The number of carboxylic acid groups (broad SMARTS) is 2. The number of oxazole rings is 1. The number of aryl methyl sites for hydroxylation is 1. The van der Waals surface area contributed by atoms with Gasteiger partial charge in [0.15, 0.2) is 0 Å². The second-order valence-electron chi connectivity index (χ2n) is 8.04. The van der Waals surface area contributed by atoms with Crippen molar-refractivity contribution in [1.82, 2.24) is 10.3 Å². The molecule has 0 radical (unpaired) electrons. The van der Waals surface area contributed by atoms with Crippen LogP contribution >= 0.6 is 0 Å².